The summed E-state index contributed by atoms with van der Waals surface area (Å²) in [6, 6.07) is 16.4. The van der Waals surface area contributed by atoms with Gasteiger partial charge < -0.3 is 15.7 Å². The minimum atomic E-state index is -0.680. The Kier molecular flexibility index (Phi) is 7.17. The summed E-state index contributed by atoms with van der Waals surface area (Å²) in [7, 11) is 0. The van der Waals surface area contributed by atoms with Crippen LogP contribution in [0.3, 0.4) is 0 Å². The number of carbonyl (C=O) groups excluding carboxylic acids is 1. The lowest BCUT2D eigenvalue weighted by Crippen LogP contribution is -2.45. The van der Waals surface area contributed by atoms with Gasteiger partial charge >= 0.3 is 5.69 Å². The van der Waals surface area contributed by atoms with Crippen LogP contribution in [-0.2, 0) is 11.3 Å². The lowest BCUT2D eigenvalue weighted by Gasteiger charge is -2.29. The zero-order valence-electron chi connectivity index (χ0n) is 19.6. The molecule has 182 valence electrons. The molecule has 0 bridgehead atoms. The summed E-state index contributed by atoms with van der Waals surface area (Å²) in [4.78, 5) is 44.1. The number of amides is 1. The number of nitrogen functional groups attached to an aromatic ring is 1. The second kappa shape index (κ2) is 10.4. The summed E-state index contributed by atoms with van der Waals surface area (Å²) in [6.45, 7) is 3.55. The molecule has 0 radical (unpaired) electrons. The van der Waals surface area contributed by atoms with Gasteiger partial charge in [-0.2, -0.15) is 0 Å². The standard InChI is InChI=1S/C26H29N5O4/c1-2-30(22(33)17-29-14-12-20(13-15-29)19-8-10-21(32)11-9-19)23-24(27)31(26(35)28-25(23)34)16-18-6-4-3-5-7-18/h3-12,32H,2,13-17,27H2,1H3,(H,28,34,35). The van der Waals surface area contributed by atoms with Gasteiger partial charge in [-0.3, -0.25) is 24.0 Å². The van der Waals surface area contributed by atoms with Gasteiger partial charge in [-0.15, -0.1) is 0 Å². The van der Waals surface area contributed by atoms with Crippen molar-refractivity contribution in [3.05, 3.63) is 92.6 Å². The number of benzene rings is 2. The van der Waals surface area contributed by atoms with Gasteiger partial charge in [0.15, 0.2) is 5.69 Å². The van der Waals surface area contributed by atoms with E-state index in [2.05, 4.69) is 11.1 Å². The Hall–Kier alpha value is -4.11. The molecular formula is C26H29N5O4. The minimum absolute atomic E-state index is 0.00892. The Bertz CT molecular complexity index is 1340. The van der Waals surface area contributed by atoms with E-state index in [9.17, 15) is 19.5 Å². The molecule has 0 aliphatic carbocycles. The third kappa shape index (κ3) is 5.36. The fourth-order valence-electron chi connectivity index (χ4n) is 4.29. The normalized spacial score (nSPS) is 13.9. The first kappa shape index (κ1) is 24.0. The number of anilines is 2. The summed E-state index contributed by atoms with van der Waals surface area (Å²) in [6.07, 6.45) is 2.83. The molecule has 1 aromatic heterocycles. The molecule has 0 saturated carbocycles. The molecule has 0 unspecified atom stereocenters. The van der Waals surface area contributed by atoms with Gasteiger partial charge in [-0.1, -0.05) is 48.5 Å². The first-order chi connectivity index (χ1) is 16.9. The van der Waals surface area contributed by atoms with Crippen LogP contribution < -0.4 is 21.9 Å². The van der Waals surface area contributed by atoms with Crippen molar-refractivity contribution in [3.63, 3.8) is 0 Å². The molecule has 1 amide bonds. The smallest absolute Gasteiger partial charge is 0.330 e. The molecule has 9 nitrogen and oxygen atoms in total. The Labute approximate surface area is 202 Å². The highest BCUT2D eigenvalue weighted by Gasteiger charge is 2.25. The number of nitrogens with one attached hydrogen (secondary N) is 1. The molecule has 4 N–H and O–H groups in total. The number of H-pyrrole nitrogens is 1. The number of phenols is 1. The van der Waals surface area contributed by atoms with E-state index in [0.717, 1.165) is 23.1 Å². The number of phenolic OH excluding ortho intramolecular Hbond substituents is 1. The Morgan fingerprint density at radius 3 is 2.46 bits per heavy atom. The number of aromatic amines is 1. The minimum Gasteiger partial charge on any atom is -0.508 e. The molecule has 1 aliphatic rings. The molecule has 0 atom stereocenters. The molecule has 0 fully saturated rings. The van der Waals surface area contributed by atoms with Crippen LogP contribution in [0.25, 0.3) is 5.57 Å². The maximum Gasteiger partial charge on any atom is 0.330 e. The number of rotatable bonds is 7. The topological polar surface area (TPSA) is 125 Å². The van der Waals surface area contributed by atoms with Crippen molar-refractivity contribution in [1.82, 2.24) is 14.5 Å². The van der Waals surface area contributed by atoms with Crippen LogP contribution in [0.15, 0.2) is 70.3 Å². The highest BCUT2D eigenvalue weighted by molar-refractivity contribution is 5.96. The van der Waals surface area contributed by atoms with Crippen molar-refractivity contribution in [3.8, 4) is 5.75 Å². The van der Waals surface area contributed by atoms with Crippen molar-refractivity contribution < 1.29 is 9.90 Å². The van der Waals surface area contributed by atoms with Gasteiger partial charge in [0.1, 0.15) is 11.6 Å². The monoisotopic (exact) mass is 475 g/mol. The number of nitrogens with two attached hydrogens (primary N) is 1. The Morgan fingerprint density at radius 2 is 1.83 bits per heavy atom. The average Bonchev–Trinajstić information content (AvgIpc) is 2.86. The molecule has 9 heteroatoms. The molecule has 2 heterocycles. The van der Waals surface area contributed by atoms with Crippen molar-refractivity contribution >= 4 is 23.0 Å². The number of likely N-dealkylation sites (N-methyl/N-ethyl adjacent to an activating group) is 1. The number of aromatic hydroxyl groups is 1. The van der Waals surface area contributed by atoms with Crippen LogP contribution in [0, 0.1) is 0 Å². The third-order valence-electron chi connectivity index (χ3n) is 6.18. The zero-order chi connectivity index (χ0) is 24.9. The first-order valence-electron chi connectivity index (χ1n) is 11.5. The molecule has 0 spiro atoms. The van der Waals surface area contributed by atoms with Crippen LogP contribution in [-0.4, -0.2) is 51.6 Å². The van der Waals surface area contributed by atoms with Crippen LogP contribution in [0.4, 0.5) is 11.5 Å². The molecule has 0 saturated heterocycles. The molecule has 1 aliphatic heterocycles. The van der Waals surface area contributed by atoms with E-state index in [1.165, 1.54) is 9.47 Å². The van der Waals surface area contributed by atoms with Gasteiger partial charge in [0, 0.05) is 19.6 Å². The summed E-state index contributed by atoms with van der Waals surface area (Å²) in [5, 5.41) is 9.49. The second-order valence-corrected chi connectivity index (χ2v) is 8.46. The Balaban J connectivity index is 1.52. The van der Waals surface area contributed by atoms with Crippen LogP contribution in [0.2, 0.25) is 0 Å². The van der Waals surface area contributed by atoms with E-state index in [1.54, 1.807) is 19.1 Å². The molecule has 2 aromatic carbocycles. The predicted molar refractivity (Wildman–Crippen MR) is 136 cm³/mol. The van der Waals surface area contributed by atoms with Gasteiger partial charge in [0.2, 0.25) is 5.91 Å². The molecule has 3 aromatic rings. The maximum atomic E-state index is 13.2. The van der Waals surface area contributed by atoms with Crippen LogP contribution in [0.5, 0.6) is 5.75 Å². The fourth-order valence-corrected chi connectivity index (χ4v) is 4.29. The van der Waals surface area contributed by atoms with E-state index in [1.807, 2.05) is 47.4 Å². The fraction of sp³-hybridized carbons (Fsp3) is 0.269. The van der Waals surface area contributed by atoms with Crippen LogP contribution in [0.1, 0.15) is 24.5 Å². The van der Waals surface area contributed by atoms with E-state index >= 15 is 0 Å². The summed E-state index contributed by atoms with van der Waals surface area (Å²) >= 11 is 0. The predicted octanol–water partition coefficient (Wildman–Crippen LogP) is 2.01. The number of carbonyl (C=O) groups is 1. The van der Waals surface area contributed by atoms with E-state index < -0.39 is 11.2 Å². The number of aromatic nitrogens is 2. The highest BCUT2D eigenvalue weighted by atomic mass is 16.3. The zero-order valence-corrected chi connectivity index (χ0v) is 19.6. The number of hydrogen-bond acceptors (Lipinski definition) is 6. The largest absolute Gasteiger partial charge is 0.508 e. The van der Waals surface area contributed by atoms with Crippen molar-refractivity contribution in [1.29, 1.82) is 0 Å². The van der Waals surface area contributed by atoms with Crippen molar-refractivity contribution in [2.75, 3.05) is 36.8 Å². The first-order valence-corrected chi connectivity index (χ1v) is 11.5. The molecule has 4 rings (SSSR count). The van der Waals surface area contributed by atoms with E-state index in [4.69, 9.17) is 5.73 Å². The lowest BCUT2D eigenvalue weighted by molar-refractivity contribution is -0.119. The average molecular weight is 476 g/mol. The van der Waals surface area contributed by atoms with Gasteiger partial charge in [0.25, 0.3) is 5.56 Å². The lowest BCUT2D eigenvalue weighted by atomic mass is 9.99. The van der Waals surface area contributed by atoms with Crippen LogP contribution >= 0.6 is 0 Å². The van der Waals surface area contributed by atoms with E-state index in [-0.39, 0.29) is 42.8 Å². The van der Waals surface area contributed by atoms with Crippen molar-refractivity contribution in [2.24, 2.45) is 0 Å². The summed E-state index contributed by atoms with van der Waals surface area (Å²) in [5.74, 6) is -0.0801. The van der Waals surface area contributed by atoms with Crippen molar-refractivity contribution in [2.45, 2.75) is 19.9 Å². The third-order valence-corrected chi connectivity index (χ3v) is 6.18. The second-order valence-electron chi connectivity index (χ2n) is 8.46. The molecule has 35 heavy (non-hydrogen) atoms. The Morgan fingerprint density at radius 1 is 1.11 bits per heavy atom. The quantitative estimate of drug-likeness (QED) is 0.480. The SMILES string of the molecule is CCN(C(=O)CN1CC=C(c2ccc(O)cc2)CC1)c1c(N)n(Cc2ccccc2)c(=O)[nH]c1=O. The summed E-state index contributed by atoms with van der Waals surface area (Å²) < 4.78 is 1.27. The maximum absolute atomic E-state index is 13.2. The highest BCUT2D eigenvalue weighted by Crippen LogP contribution is 2.24. The van der Waals surface area contributed by atoms with Gasteiger partial charge in [-0.05, 0) is 42.2 Å². The van der Waals surface area contributed by atoms with Gasteiger partial charge in [0.05, 0.1) is 13.1 Å². The summed E-state index contributed by atoms with van der Waals surface area (Å²) in [5.41, 5.74) is 8.03. The van der Waals surface area contributed by atoms with E-state index in [0.29, 0.717) is 13.1 Å². The number of hydrogen-bond donors (Lipinski definition) is 3. The van der Waals surface area contributed by atoms with Gasteiger partial charge in [-0.25, -0.2) is 4.79 Å². The molecular weight excluding hydrogens is 446 g/mol. The number of nitrogens with zero attached hydrogens (tertiary/aromatic N) is 3.